The third kappa shape index (κ3) is 2.32. The second-order valence-electron chi connectivity index (χ2n) is 5.28. The van der Waals surface area contributed by atoms with Crippen LogP contribution in [0.4, 0.5) is 0 Å². The number of rotatable bonds is 3. The van der Waals surface area contributed by atoms with Crippen molar-refractivity contribution in [2.45, 2.75) is 25.9 Å². The molecule has 0 saturated carbocycles. The van der Waals surface area contributed by atoms with Crippen LogP contribution < -0.4 is 0 Å². The Kier molecular flexibility index (Phi) is 3.71. The molecule has 1 aromatic heterocycles. The third-order valence-corrected chi connectivity index (χ3v) is 5.85. The summed E-state index contributed by atoms with van der Waals surface area (Å²) >= 11 is 8.15. The number of likely N-dealkylation sites (tertiary alicyclic amines) is 1. The van der Waals surface area contributed by atoms with E-state index >= 15 is 0 Å². The van der Waals surface area contributed by atoms with E-state index in [-0.39, 0.29) is 12.0 Å². The maximum Gasteiger partial charge on any atom is 0.308 e. The van der Waals surface area contributed by atoms with Gasteiger partial charge in [-0.3, -0.25) is 9.69 Å². The minimum atomic E-state index is -0.692. The molecule has 1 N–H and O–H groups in total. The van der Waals surface area contributed by atoms with Crippen LogP contribution in [0.1, 0.15) is 18.2 Å². The lowest BCUT2D eigenvalue weighted by atomic mass is 10.0. The van der Waals surface area contributed by atoms with Crippen LogP contribution in [-0.2, 0) is 11.3 Å². The molecule has 2 aromatic rings. The molecule has 5 heteroatoms. The first-order chi connectivity index (χ1) is 9.58. The fourth-order valence-corrected chi connectivity index (χ4v) is 4.43. The maximum absolute atomic E-state index is 11.2. The van der Waals surface area contributed by atoms with Crippen molar-refractivity contribution in [2.24, 2.45) is 5.92 Å². The van der Waals surface area contributed by atoms with Gasteiger partial charge in [-0.2, -0.15) is 0 Å². The average Bonchev–Trinajstić information content (AvgIpc) is 2.93. The quantitative estimate of drug-likeness (QED) is 0.936. The summed E-state index contributed by atoms with van der Waals surface area (Å²) < 4.78 is 1.19. The van der Waals surface area contributed by atoms with Gasteiger partial charge in [-0.15, -0.1) is 11.3 Å². The zero-order valence-electron chi connectivity index (χ0n) is 11.2. The number of nitrogens with zero attached hydrogens (tertiary/aromatic N) is 1. The highest BCUT2D eigenvalue weighted by molar-refractivity contribution is 7.19. The largest absolute Gasteiger partial charge is 0.481 e. The molecular formula is C15H16ClNO2S. The molecule has 3 rings (SSSR count). The topological polar surface area (TPSA) is 40.5 Å². The molecule has 1 fully saturated rings. The number of halogens is 1. The van der Waals surface area contributed by atoms with Crippen molar-refractivity contribution in [3.63, 3.8) is 0 Å². The summed E-state index contributed by atoms with van der Waals surface area (Å²) in [6.45, 7) is 3.55. The molecule has 1 aromatic carbocycles. The lowest BCUT2D eigenvalue weighted by molar-refractivity contribution is -0.142. The molecule has 20 heavy (non-hydrogen) atoms. The van der Waals surface area contributed by atoms with Gasteiger partial charge in [0.15, 0.2) is 0 Å². The lowest BCUT2D eigenvalue weighted by Crippen LogP contribution is -2.32. The molecule has 0 aliphatic carbocycles. The fourth-order valence-electron chi connectivity index (χ4n) is 2.91. The van der Waals surface area contributed by atoms with Crippen LogP contribution in [0.2, 0.25) is 5.02 Å². The third-order valence-electron chi connectivity index (χ3n) is 4.15. The number of hydrogen-bond donors (Lipinski definition) is 1. The van der Waals surface area contributed by atoms with Crippen molar-refractivity contribution in [3.8, 4) is 0 Å². The fraction of sp³-hybridized carbons (Fsp3) is 0.400. The highest BCUT2D eigenvalue weighted by atomic mass is 35.5. The van der Waals surface area contributed by atoms with Crippen LogP contribution in [0.25, 0.3) is 10.1 Å². The molecule has 1 saturated heterocycles. The van der Waals surface area contributed by atoms with Crippen LogP contribution in [0.15, 0.2) is 24.3 Å². The molecule has 2 atom stereocenters. The van der Waals surface area contributed by atoms with Gasteiger partial charge in [0, 0.05) is 27.5 Å². The molecular weight excluding hydrogens is 294 g/mol. The second kappa shape index (κ2) is 5.35. The zero-order valence-corrected chi connectivity index (χ0v) is 12.7. The van der Waals surface area contributed by atoms with E-state index in [1.165, 1.54) is 4.70 Å². The van der Waals surface area contributed by atoms with Gasteiger partial charge in [-0.1, -0.05) is 29.8 Å². The molecule has 1 aliphatic heterocycles. The molecule has 106 valence electrons. The second-order valence-corrected chi connectivity index (χ2v) is 6.79. The smallest absolute Gasteiger partial charge is 0.308 e. The summed E-state index contributed by atoms with van der Waals surface area (Å²) in [4.78, 5) is 14.5. The first-order valence-electron chi connectivity index (χ1n) is 6.70. The summed E-state index contributed by atoms with van der Waals surface area (Å²) in [5.74, 6) is -0.953. The SMILES string of the molecule is CC1C(C(=O)O)CCN1Cc1sc2ccccc2c1Cl. The highest BCUT2D eigenvalue weighted by Crippen LogP contribution is 2.37. The molecule has 1 aliphatic rings. The molecule has 0 spiro atoms. The van der Waals surface area contributed by atoms with E-state index < -0.39 is 5.97 Å². The minimum Gasteiger partial charge on any atom is -0.481 e. The van der Waals surface area contributed by atoms with Crippen molar-refractivity contribution in [1.29, 1.82) is 0 Å². The predicted molar refractivity (Wildman–Crippen MR) is 82.4 cm³/mol. The van der Waals surface area contributed by atoms with Gasteiger partial charge in [0.05, 0.1) is 10.9 Å². The normalized spacial score (nSPS) is 23.5. The van der Waals surface area contributed by atoms with Crippen molar-refractivity contribution in [1.82, 2.24) is 4.90 Å². The Morgan fingerprint density at radius 1 is 1.50 bits per heavy atom. The first kappa shape index (κ1) is 13.9. The first-order valence-corrected chi connectivity index (χ1v) is 7.90. The Morgan fingerprint density at radius 3 is 2.90 bits per heavy atom. The van der Waals surface area contributed by atoms with E-state index in [0.717, 1.165) is 34.8 Å². The molecule has 2 heterocycles. The number of aliphatic carboxylic acids is 1. The summed E-state index contributed by atoms with van der Waals surface area (Å²) in [5, 5.41) is 11.1. The number of hydrogen-bond acceptors (Lipinski definition) is 3. The number of carbonyl (C=O) groups is 1. The van der Waals surface area contributed by atoms with E-state index in [4.69, 9.17) is 11.6 Å². The van der Waals surface area contributed by atoms with Crippen LogP contribution in [-0.4, -0.2) is 28.6 Å². The standard InChI is InChI=1S/C15H16ClNO2S/c1-9-10(15(18)19)6-7-17(9)8-13-14(16)11-4-2-3-5-12(11)20-13/h2-5,9-10H,6-8H2,1H3,(H,18,19). The van der Waals surface area contributed by atoms with E-state index in [9.17, 15) is 9.90 Å². The Labute approximate surface area is 126 Å². The molecule has 0 amide bonds. The van der Waals surface area contributed by atoms with Crippen LogP contribution in [0.3, 0.4) is 0 Å². The summed E-state index contributed by atoms with van der Waals surface area (Å²) in [6, 6.07) is 8.17. The number of benzene rings is 1. The van der Waals surface area contributed by atoms with Crippen LogP contribution in [0, 0.1) is 5.92 Å². The van der Waals surface area contributed by atoms with Gasteiger partial charge in [-0.05, 0) is 26.0 Å². The number of carboxylic acid groups (broad SMARTS) is 1. The summed E-state index contributed by atoms with van der Waals surface area (Å²) in [6.07, 6.45) is 0.721. The Hall–Kier alpha value is -1.10. The van der Waals surface area contributed by atoms with E-state index in [1.807, 2.05) is 25.1 Å². The van der Waals surface area contributed by atoms with E-state index in [2.05, 4.69) is 11.0 Å². The minimum absolute atomic E-state index is 0.0637. The number of carboxylic acids is 1. The van der Waals surface area contributed by atoms with Crippen LogP contribution >= 0.6 is 22.9 Å². The molecule has 3 nitrogen and oxygen atoms in total. The van der Waals surface area contributed by atoms with Crippen molar-refractivity contribution < 1.29 is 9.90 Å². The van der Waals surface area contributed by atoms with Gasteiger partial charge in [0.1, 0.15) is 0 Å². The average molecular weight is 310 g/mol. The van der Waals surface area contributed by atoms with E-state index in [0.29, 0.717) is 0 Å². The Balaban J connectivity index is 1.84. The Morgan fingerprint density at radius 2 is 2.25 bits per heavy atom. The Bertz CT molecular complexity index is 654. The van der Waals surface area contributed by atoms with Crippen molar-refractivity contribution in [2.75, 3.05) is 6.54 Å². The van der Waals surface area contributed by atoms with Gasteiger partial charge < -0.3 is 5.11 Å². The summed E-state index contributed by atoms with van der Waals surface area (Å²) in [7, 11) is 0. The number of fused-ring (bicyclic) bond motifs is 1. The van der Waals surface area contributed by atoms with E-state index in [1.54, 1.807) is 11.3 Å². The maximum atomic E-state index is 11.2. The molecule has 0 bridgehead atoms. The monoisotopic (exact) mass is 309 g/mol. The molecule has 0 radical (unpaired) electrons. The predicted octanol–water partition coefficient (Wildman–Crippen LogP) is 3.85. The van der Waals surface area contributed by atoms with Crippen molar-refractivity contribution in [3.05, 3.63) is 34.2 Å². The molecule has 2 unspecified atom stereocenters. The number of thiophene rings is 1. The van der Waals surface area contributed by atoms with Crippen LogP contribution in [0.5, 0.6) is 0 Å². The van der Waals surface area contributed by atoms with Gasteiger partial charge in [-0.25, -0.2) is 0 Å². The van der Waals surface area contributed by atoms with Gasteiger partial charge in [0.2, 0.25) is 0 Å². The van der Waals surface area contributed by atoms with Crippen molar-refractivity contribution >= 4 is 39.0 Å². The highest BCUT2D eigenvalue weighted by Gasteiger charge is 2.35. The van der Waals surface area contributed by atoms with Gasteiger partial charge >= 0.3 is 5.97 Å². The zero-order chi connectivity index (χ0) is 14.3. The summed E-state index contributed by atoms with van der Waals surface area (Å²) in [5.41, 5.74) is 0. The lowest BCUT2D eigenvalue weighted by Gasteiger charge is -2.22. The van der Waals surface area contributed by atoms with Gasteiger partial charge in [0.25, 0.3) is 0 Å².